The van der Waals surface area contributed by atoms with Crippen LogP contribution in [0.15, 0.2) is 48.8 Å². The van der Waals surface area contributed by atoms with E-state index in [9.17, 15) is 4.79 Å². The van der Waals surface area contributed by atoms with Crippen molar-refractivity contribution < 1.29 is 9.53 Å². The van der Waals surface area contributed by atoms with Gasteiger partial charge in [0.25, 0.3) is 0 Å². The number of pyridine rings is 1. The second kappa shape index (κ2) is 8.49. The minimum atomic E-state index is 0.0822. The molecule has 0 unspecified atom stereocenters. The van der Waals surface area contributed by atoms with Gasteiger partial charge >= 0.3 is 0 Å². The number of aromatic amines is 1. The third kappa shape index (κ3) is 4.83. The lowest BCUT2D eigenvalue weighted by Crippen LogP contribution is -2.31. The number of hydrogen-bond donors (Lipinski definition) is 2. The first-order valence-electron chi connectivity index (χ1n) is 8.72. The van der Waals surface area contributed by atoms with Crippen LogP contribution < -0.4 is 10.1 Å². The van der Waals surface area contributed by atoms with Crippen molar-refractivity contribution in [2.24, 2.45) is 0 Å². The summed E-state index contributed by atoms with van der Waals surface area (Å²) < 4.78 is 5.96. The normalized spacial score (nSPS) is 11.0. The van der Waals surface area contributed by atoms with Crippen LogP contribution in [0.25, 0.3) is 11.0 Å². The van der Waals surface area contributed by atoms with Gasteiger partial charge in [-0.05, 0) is 50.3 Å². The Bertz CT molecular complexity index is 856. The Balaban J connectivity index is 1.52. The first-order valence-corrected chi connectivity index (χ1v) is 8.72. The van der Waals surface area contributed by atoms with Crippen molar-refractivity contribution in [1.82, 2.24) is 20.2 Å². The first kappa shape index (κ1) is 17.9. The van der Waals surface area contributed by atoms with Gasteiger partial charge in [-0.15, -0.1) is 0 Å². The Hall–Kier alpha value is -2.86. The SMILES string of the molecule is CN(C)CCNC(=O)CCc1ccc(Oc2ccnc3[nH]ccc23)cc1. The second-order valence-electron chi connectivity index (χ2n) is 6.45. The van der Waals surface area contributed by atoms with E-state index in [1.165, 1.54) is 0 Å². The summed E-state index contributed by atoms with van der Waals surface area (Å²) in [5.74, 6) is 1.61. The molecule has 2 heterocycles. The van der Waals surface area contributed by atoms with Crippen LogP contribution in [-0.4, -0.2) is 48.0 Å². The summed E-state index contributed by atoms with van der Waals surface area (Å²) in [6, 6.07) is 11.6. The molecule has 6 nitrogen and oxygen atoms in total. The van der Waals surface area contributed by atoms with E-state index >= 15 is 0 Å². The number of amides is 1. The number of likely N-dealkylation sites (N-methyl/N-ethyl adjacent to an activating group) is 1. The number of nitrogens with zero attached hydrogens (tertiary/aromatic N) is 2. The van der Waals surface area contributed by atoms with Gasteiger partial charge in [0.15, 0.2) is 0 Å². The van der Waals surface area contributed by atoms with Gasteiger partial charge in [-0.1, -0.05) is 12.1 Å². The maximum absolute atomic E-state index is 11.8. The van der Waals surface area contributed by atoms with Crippen LogP contribution in [0.2, 0.25) is 0 Å². The average molecular weight is 352 g/mol. The molecule has 0 saturated heterocycles. The number of ether oxygens (including phenoxy) is 1. The zero-order chi connectivity index (χ0) is 18.4. The summed E-state index contributed by atoms with van der Waals surface area (Å²) in [6.07, 6.45) is 4.77. The molecular formula is C20H24N4O2. The largest absolute Gasteiger partial charge is 0.457 e. The molecule has 3 rings (SSSR count). The number of benzene rings is 1. The first-order chi connectivity index (χ1) is 12.6. The molecular weight excluding hydrogens is 328 g/mol. The van der Waals surface area contributed by atoms with Gasteiger partial charge in [-0.25, -0.2) is 4.98 Å². The van der Waals surface area contributed by atoms with Crippen molar-refractivity contribution in [2.45, 2.75) is 12.8 Å². The third-order valence-corrected chi connectivity index (χ3v) is 4.09. The fourth-order valence-corrected chi connectivity index (χ4v) is 2.64. The van der Waals surface area contributed by atoms with Crippen LogP contribution in [0.3, 0.4) is 0 Å². The van der Waals surface area contributed by atoms with E-state index in [1.807, 2.05) is 61.6 Å². The summed E-state index contributed by atoms with van der Waals surface area (Å²) in [5, 5.41) is 3.88. The molecule has 136 valence electrons. The monoisotopic (exact) mass is 352 g/mol. The van der Waals surface area contributed by atoms with Crippen molar-refractivity contribution in [2.75, 3.05) is 27.2 Å². The molecule has 26 heavy (non-hydrogen) atoms. The molecule has 2 N–H and O–H groups in total. The highest BCUT2D eigenvalue weighted by molar-refractivity contribution is 5.82. The number of H-pyrrole nitrogens is 1. The van der Waals surface area contributed by atoms with E-state index in [2.05, 4.69) is 15.3 Å². The van der Waals surface area contributed by atoms with Crippen LogP contribution in [0.1, 0.15) is 12.0 Å². The summed E-state index contributed by atoms with van der Waals surface area (Å²) in [5.41, 5.74) is 1.92. The zero-order valence-electron chi connectivity index (χ0n) is 15.2. The van der Waals surface area contributed by atoms with Crippen molar-refractivity contribution in [3.63, 3.8) is 0 Å². The topological polar surface area (TPSA) is 70.2 Å². The maximum Gasteiger partial charge on any atom is 0.220 e. The number of nitrogens with one attached hydrogen (secondary N) is 2. The van der Waals surface area contributed by atoms with Crippen molar-refractivity contribution in [3.8, 4) is 11.5 Å². The molecule has 0 atom stereocenters. The number of rotatable bonds is 8. The summed E-state index contributed by atoms with van der Waals surface area (Å²) in [6.45, 7) is 1.53. The predicted octanol–water partition coefficient (Wildman–Crippen LogP) is 2.97. The Morgan fingerprint density at radius 1 is 1.19 bits per heavy atom. The highest BCUT2D eigenvalue weighted by atomic mass is 16.5. The van der Waals surface area contributed by atoms with Crippen LogP contribution in [-0.2, 0) is 11.2 Å². The van der Waals surface area contributed by atoms with Gasteiger partial charge in [0.1, 0.15) is 17.1 Å². The number of carbonyl (C=O) groups excluding carboxylic acids is 1. The Morgan fingerprint density at radius 2 is 2.00 bits per heavy atom. The summed E-state index contributed by atoms with van der Waals surface area (Å²) in [7, 11) is 3.98. The fraction of sp³-hybridized carbons (Fsp3) is 0.300. The number of hydrogen-bond acceptors (Lipinski definition) is 4. The Kier molecular flexibility index (Phi) is 5.86. The van der Waals surface area contributed by atoms with Crippen molar-refractivity contribution in [3.05, 3.63) is 54.4 Å². The van der Waals surface area contributed by atoms with Crippen LogP contribution in [0.5, 0.6) is 11.5 Å². The maximum atomic E-state index is 11.8. The van der Waals surface area contributed by atoms with Gasteiger partial charge in [0.05, 0.1) is 5.39 Å². The zero-order valence-corrected chi connectivity index (χ0v) is 15.2. The highest BCUT2D eigenvalue weighted by Gasteiger charge is 2.06. The van der Waals surface area contributed by atoms with E-state index in [1.54, 1.807) is 6.20 Å². The van der Waals surface area contributed by atoms with Gasteiger partial charge in [-0.3, -0.25) is 4.79 Å². The number of fused-ring (bicyclic) bond motifs is 1. The van der Waals surface area contributed by atoms with E-state index in [0.29, 0.717) is 19.4 Å². The lowest BCUT2D eigenvalue weighted by Gasteiger charge is -2.10. The molecule has 1 aromatic carbocycles. The van der Waals surface area contributed by atoms with Crippen molar-refractivity contribution in [1.29, 1.82) is 0 Å². The molecule has 0 aliphatic carbocycles. The molecule has 0 aliphatic rings. The summed E-state index contributed by atoms with van der Waals surface area (Å²) in [4.78, 5) is 21.2. The average Bonchev–Trinajstić information content (AvgIpc) is 3.11. The molecule has 0 bridgehead atoms. The van der Waals surface area contributed by atoms with Gasteiger partial charge in [0, 0.05) is 31.9 Å². The summed E-state index contributed by atoms with van der Waals surface area (Å²) >= 11 is 0. The molecule has 0 spiro atoms. The lowest BCUT2D eigenvalue weighted by atomic mass is 10.1. The molecule has 1 amide bonds. The van der Waals surface area contributed by atoms with Gasteiger partial charge in [-0.2, -0.15) is 0 Å². The highest BCUT2D eigenvalue weighted by Crippen LogP contribution is 2.28. The molecule has 0 fully saturated rings. The van der Waals surface area contributed by atoms with E-state index in [4.69, 9.17) is 4.74 Å². The molecule has 2 aromatic heterocycles. The van der Waals surface area contributed by atoms with Crippen LogP contribution >= 0.6 is 0 Å². The Morgan fingerprint density at radius 3 is 2.77 bits per heavy atom. The minimum absolute atomic E-state index is 0.0822. The third-order valence-electron chi connectivity index (χ3n) is 4.09. The molecule has 0 saturated carbocycles. The predicted molar refractivity (Wildman–Crippen MR) is 102 cm³/mol. The van der Waals surface area contributed by atoms with Crippen LogP contribution in [0.4, 0.5) is 0 Å². The second-order valence-corrected chi connectivity index (χ2v) is 6.45. The van der Waals surface area contributed by atoms with Gasteiger partial charge < -0.3 is 19.9 Å². The van der Waals surface area contributed by atoms with E-state index in [-0.39, 0.29) is 5.91 Å². The number of carbonyl (C=O) groups is 1. The molecule has 0 radical (unpaired) electrons. The molecule has 6 heteroatoms. The lowest BCUT2D eigenvalue weighted by molar-refractivity contribution is -0.121. The smallest absolute Gasteiger partial charge is 0.220 e. The minimum Gasteiger partial charge on any atom is -0.457 e. The van der Waals surface area contributed by atoms with Gasteiger partial charge in [0.2, 0.25) is 5.91 Å². The van der Waals surface area contributed by atoms with Crippen LogP contribution in [0, 0.1) is 0 Å². The Labute approximate surface area is 153 Å². The van der Waals surface area contributed by atoms with Crippen molar-refractivity contribution >= 4 is 16.9 Å². The number of aromatic nitrogens is 2. The molecule has 3 aromatic rings. The standard InChI is InChI=1S/C20H24N4O2/c1-24(2)14-13-21-19(25)8-5-15-3-6-16(7-4-15)26-18-10-12-23-20-17(18)9-11-22-20/h3-4,6-7,9-12H,5,8,13-14H2,1-2H3,(H,21,25)(H,22,23). The van der Waals surface area contributed by atoms with E-state index < -0.39 is 0 Å². The fourth-order valence-electron chi connectivity index (χ4n) is 2.64. The quantitative estimate of drug-likeness (QED) is 0.654. The molecule has 0 aliphatic heterocycles. The van der Waals surface area contributed by atoms with E-state index in [0.717, 1.165) is 34.6 Å². The number of aryl methyl sites for hydroxylation is 1.